The number of nitrogens with zero attached hydrogens (tertiary/aromatic N) is 1. The van der Waals surface area contributed by atoms with E-state index in [-0.39, 0.29) is 11.3 Å². The van der Waals surface area contributed by atoms with Gasteiger partial charge in [0.25, 0.3) is 0 Å². The fourth-order valence-electron chi connectivity index (χ4n) is 3.10. The Morgan fingerprint density at radius 3 is 2.63 bits per heavy atom. The maximum atomic E-state index is 12.6. The molecule has 0 unspecified atom stereocenters. The Kier molecular flexibility index (Phi) is 4.08. The van der Waals surface area contributed by atoms with Crippen molar-refractivity contribution in [1.82, 2.24) is 4.98 Å². The number of pyridine rings is 1. The van der Waals surface area contributed by atoms with Crippen molar-refractivity contribution in [3.05, 3.63) is 18.3 Å². The van der Waals surface area contributed by atoms with Crippen LogP contribution in [-0.4, -0.2) is 10.9 Å². The number of nitrogens with one attached hydrogen (secondary N) is 1. The van der Waals surface area contributed by atoms with Gasteiger partial charge in [0.2, 0.25) is 5.91 Å². The first-order chi connectivity index (χ1) is 9.02. The van der Waals surface area contributed by atoms with Gasteiger partial charge in [0, 0.05) is 5.41 Å². The lowest BCUT2D eigenvalue weighted by Crippen LogP contribution is -2.35. The van der Waals surface area contributed by atoms with Gasteiger partial charge in [-0.25, -0.2) is 4.98 Å². The minimum atomic E-state index is -0.185. The van der Waals surface area contributed by atoms with Gasteiger partial charge in [-0.2, -0.15) is 0 Å². The molecule has 104 valence electrons. The number of anilines is 2. The second-order valence-electron chi connectivity index (χ2n) is 6.01. The minimum absolute atomic E-state index is 0.144. The Bertz CT molecular complexity index is 433. The van der Waals surface area contributed by atoms with Crippen LogP contribution in [0.4, 0.5) is 11.5 Å². The van der Waals surface area contributed by atoms with Gasteiger partial charge in [0.1, 0.15) is 5.82 Å². The van der Waals surface area contributed by atoms with Crippen molar-refractivity contribution in [2.45, 2.75) is 46.0 Å². The summed E-state index contributed by atoms with van der Waals surface area (Å²) in [6.07, 6.45) is 6.88. The summed E-state index contributed by atoms with van der Waals surface area (Å²) in [5, 5.41) is 3.00. The molecule has 1 heterocycles. The molecule has 0 radical (unpaired) electrons. The van der Waals surface area contributed by atoms with E-state index in [0.717, 1.165) is 37.8 Å². The lowest BCUT2D eigenvalue weighted by Gasteiger charge is -2.29. The van der Waals surface area contributed by atoms with Gasteiger partial charge in [0.15, 0.2) is 0 Å². The average molecular weight is 261 g/mol. The number of nitrogens with two attached hydrogens (primary N) is 1. The summed E-state index contributed by atoms with van der Waals surface area (Å²) in [5.41, 5.74) is 6.09. The highest BCUT2D eigenvalue weighted by atomic mass is 16.2. The van der Waals surface area contributed by atoms with E-state index in [1.54, 1.807) is 18.3 Å². The number of amides is 1. The van der Waals surface area contributed by atoms with Crippen molar-refractivity contribution in [1.29, 1.82) is 0 Å². The van der Waals surface area contributed by atoms with Crippen LogP contribution in [0.3, 0.4) is 0 Å². The van der Waals surface area contributed by atoms with Gasteiger partial charge in [-0.05, 0) is 37.3 Å². The number of hydrogen-bond donors (Lipinski definition) is 2. The Morgan fingerprint density at radius 2 is 2.11 bits per heavy atom. The number of aromatic nitrogens is 1. The van der Waals surface area contributed by atoms with Gasteiger partial charge >= 0.3 is 0 Å². The van der Waals surface area contributed by atoms with Crippen molar-refractivity contribution in [2.24, 2.45) is 11.3 Å². The highest BCUT2D eigenvalue weighted by molar-refractivity contribution is 5.95. The first kappa shape index (κ1) is 13.8. The molecule has 0 bridgehead atoms. The van der Waals surface area contributed by atoms with Crippen molar-refractivity contribution >= 4 is 17.4 Å². The first-order valence-electron chi connectivity index (χ1n) is 7.05. The second kappa shape index (κ2) is 5.59. The van der Waals surface area contributed by atoms with E-state index < -0.39 is 0 Å². The molecule has 1 amide bonds. The number of carbonyl (C=O) groups is 1. The Hall–Kier alpha value is -1.58. The zero-order chi connectivity index (χ0) is 13.9. The van der Waals surface area contributed by atoms with E-state index in [1.807, 2.05) is 0 Å². The quantitative estimate of drug-likeness (QED) is 0.874. The molecule has 1 aromatic heterocycles. The SMILES string of the molecule is CC(C)CC1(C(=O)Nc2ccc(N)nc2)CCCC1. The van der Waals surface area contributed by atoms with Crippen LogP contribution < -0.4 is 11.1 Å². The van der Waals surface area contributed by atoms with Crippen molar-refractivity contribution in [2.75, 3.05) is 11.1 Å². The van der Waals surface area contributed by atoms with Gasteiger partial charge in [0.05, 0.1) is 11.9 Å². The first-order valence-corrected chi connectivity index (χ1v) is 7.05. The standard InChI is InChI=1S/C15H23N3O/c1-11(2)9-15(7-3-4-8-15)14(19)18-12-5-6-13(16)17-10-12/h5-6,10-11H,3-4,7-9H2,1-2H3,(H2,16,17)(H,18,19). The molecule has 1 aliphatic carbocycles. The number of nitrogen functional groups attached to an aromatic ring is 1. The van der Waals surface area contributed by atoms with E-state index in [4.69, 9.17) is 5.73 Å². The number of hydrogen-bond acceptors (Lipinski definition) is 3. The largest absolute Gasteiger partial charge is 0.384 e. The third-order valence-electron chi connectivity index (χ3n) is 3.89. The summed E-state index contributed by atoms with van der Waals surface area (Å²) in [7, 11) is 0. The zero-order valence-corrected chi connectivity index (χ0v) is 11.8. The summed E-state index contributed by atoms with van der Waals surface area (Å²) in [5.74, 6) is 1.15. The molecule has 0 saturated heterocycles. The predicted molar refractivity (Wildman–Crippen MR) is 77.6 cm³/mol. The monoisotopic (exact) mass is 261 g/mol. The number of rotatable bonds is 4. The molecular formula is C15H23N3O. The van der Waals surface area contributed by atoms with E-state index in [9.17, 15) is 4.79 Å². The van der Waals surface area contributed by atoms with Gasteiger partial charge in [-0.3, -0.25) is 4.79 Å². The van der Waals surface area contributed by atoms with Crippen LogP contribution in [0.5, 0.6) is 0 Å². The van der Waals surface area contributed by atoms with E-state index >= 15 is 0 Å². The maximum absolute atomic E-state index is 12.6. The Morgan fingerprint density at radius 1 is 1.42 bits per heavy atom. The second-order valence-corrected chi connectivity index (χ2v) is 6.01. The average Bonchev–Trinajstić information content (AvgIpc) is 2.81. The third-order valence-corrected chi connectivity index (χ3v) is 3.89. The molecule has 2 rings (SSSR count). The topological polar surface area (TPSA) is 68.0 Å². The van der Waals surface area contributed by atoms with Crippen LogP contribution in [0.1, 0.15) is 46.0 Å². The Labute approximate surface area is 114 Å². The molecule has 0 spiro atoms. The molecule has 4 nitrogen and oxygen atoms in total. The molecule has 3 N–H and O–H groups in total. The van der Waals surface area contributed by atoms with Crippen LogP contribution in [0.15, 0.2) is 18.3 Å². The summed E-state index contributed by atoms with van der Waals surface area (Å²) in [4.78, 5) is 16.6. The van der Waals surface area contributed by atoms with Crippen molar-refractivity contribution < 1.29 is 4.79 Å². The highest BCUT2D eigenvalue weighted by Gasteiger charge is 2.41. The normalized spacial score (nSPS) is 17.6. The lowest BCUT2D eigenvalue weighted by molar-refractivity contribution is -0.126. The van der Waals surface area contributed by atoms with Crippen molar-refractivity contribution in [3.8, 4) is 0 Å². The van der Waals surface area contributed by atoms with Crippen molar-refractivity contribution in [3.63, 3.8) is 0 Å². The molecule has 4 heteroatoms. The minimum Gasteiger partial charge on any atom is -0.384 e. The van der Waals surface area contributed by atoms with E-state index in [1.165, 1.54) is 0 Å². The predicted octanol–water partition coefficient (Wildman–Crippen LogP) is 3.21. The summed E-state index contributed by atoms with van der Waals surface area (Å²) in [6, 6.07) is 3.51. The van der Waals surface area contributed by atoms with E-state index in [2.05, 4.69) is 24.1 Å². The molecule has 19 heavy (non-hydrogen) atoms. The van der Waals surface area contributed by atoms with E-state index in [0.29, 0.717) is 11.7 Å². The zero-order valence-electron chi connectivity index (χ0n) is 11.8. The maximum Gasteiger partial charge on any atom is 0.230 e. The Balaban J connectivity index is 2.09. The summed E-state index contributed by atoms with van der Waals surface area (Å²) < 4.78 is 0. The molecular weight excluding hydrogens is 238 g/mol. The third kappa shape index (κ3) is 3.25. The van der Waals surface area contributed by atoms with Crippen LogP contribution in [0.2, 0.25) is 0 Å². The van der Waals surface area contributed by atoms with Gasteiger partial charge in [-0.15, -0.1) is 0 Å². The fourth-order valence-corrected chi connectivity index (χ4v) is 3.10. The fraction of sp³-hybridized carbons (Fsp3) is 0.600. The van der Waals surface area contributed by atoms with Crippen LogP contribution >= 0.6 is 0 Å². The van der Waals surface area contributed by atoms with Crippen LogP contribution in [0, 0.1) is 11.3 Å². The van der Waals surface area contributed by atoms with Crippen LogP contribution in [-0.2, 0) is 4.79 Å². The number of carbonyl (C=O) groups excluding carboxylic acids is 1. The molecule has 1 aromatic rings. The molecule has 0 aromatic carbocycles. The summed E-state index contributed by atoms with van der Waals surface area (Å²) >= 11 is 0. The molecule has 1 fully saturated rings. The molecule has 1 aliphatic rings. The van der Waals surface area contributed by atoms with Crippen LogP contribution in [0.25, 0.3) is 0 Å². The lowest BCUT2D eigenvalue weighted by atomic mass is 9.77. The summed E-state index contributed by atoms with van der Waals surface area (Å²) in [6.45, 7) is 4.36. The molecule has 1 saturated carbocycles. The molecule has 0 atom stereocenters. The smallest absolute Gasteiger partial charge is 0.230 e. The molecule has 0 aliphatic heterocycles. The highest BCUT2D eigenvalue weighted by Crippen LogP contribution is 2.44. The van der Waals surface area contributed by atoms with Gasteiger partial charge < -0.3 is 11.1 Å². The van der Waals surface area contributed by atoms with Gasteiger partial charge in [-0.1, -0.05) is 26.7 Å².